The molecule has 1 saturated heterocycles. The van der Waals surface area contributed by atoms with E-state index in [1.165, 1.54) is 29.0 Å². The van der Waals surface area contributed by atoms with Crippen molar-refractivity contribution in [1.29, 1.82) is 0 Å². The van der Waals surface area contributed by atoms with Crippen LogP contribution in [0.2, 0.25) is 5.02 Å². The third kappa shape index (κ3) is 5.64. The first-order valence-electron chi connectivity index (χ1n) is 11.4. The number of rotatable bonds is 4. The molecule has 2 aromatic rings. The van der Waals surface area contributed by atoms with Crippen LogP contribution in [0.1, 0.15) is 41.8 Å². The van der Waals surface area contributed by atoms with Crippen LogP contribution in [0.4, 0.5) is 30.7 Å². The van der Waals surface area contributed by atoms with Gasteiger partial charge in [-0.3, -0.25) is 14.4 Å². The van der Waals surface area contributed by atoms with E-state index in [0.29, 0.717) is 6.42 Å². The molecular weight excluding hydrogens is 517 g/mol. The van der Waals surface area contributed by atoms with Crippen molar-refractivity contribution in [3.8, 4) is 0 Å². The topological polar surface area (TPSA) is 41.4 Å². The van der Waals surface area contributed by atoms with Gasteiger partial charge in [0.25, 0.3) is 0 Å². The summed E-state index contributed by atoms with van der Waals surface area (Å²) in [4.78, 5) is 15.6. The first-order valence-corrected chi connectivity index (χ1v) is 11.8. The molecule has 0 radical (unpaired) electrons. The summed E-state index contributed by atoms with van der Waals surface area (Å²) in [5, 5.41) is 3.83. The third-order valence-corrected chi connectivity index (χ3v) is 7.15. The molecule has 36 heavy (non-hydrogen) atoms. The van der Waals surface area contributed by atoms with Crippen LogP contribution in [0.5, 0.6) is 0 Å². The SMILES string of the molecule is CN1CCC(CC(=O)N2CCc3c(C(F)(F)F)nn(Cc4ccc(Cl)cc4F)c3C2)CC1C(F)(F)F. The number of carbonyl (C=O) groups is 1. The number of likely N-dealkylation sites (tertiary alicyclic amines) is 1. The van der Waals surface area contributed by atoms with Crippen LogP contribution in [-0.2, 0) is 30.5 Å². The fraction of sp³-hybridized carbons (Fsp3) is 0.565. The molecule has 2 unspecified atom stereocenters. The van der Waals surface area contributed by atoms with Crippen molar-refractivity contribution >= 4 is 17.5 Å². The third-order valence-electron chi connectivity index (χ3n) is 6.92. The Bertz CT molecular complexity index is 1130. The number of fused-ring (bicyclic) bond motifs is 1. The molecule has 1 aromatic carbocycles. The molecule has 4 rings (SSSR count). The lowest BCUT2D eigenvalue weighted by atomic mass is 9.87. The second-order valence-electron chi connectivity index (χ2n) is 9.36. The van der Waals surface area contributed by atoms with Gasteiger partial charge in [-0.25, -0.2) is 4.39 Å². The molecule has 2 aliphatic rings. The van der Waals surface area contributed by atoms with Crippen molar-refractivity contribution < 1.29 is 35.5 Å². The van der Waals surface area contributed by atoms with Crippen LogP contribution in [0.25, 0.3) is 0 Å². The van der Waals surface area contributed by atoms with Gasteiger partial charge in [0, 0.05) is 29.1 Å². The second-order valence-corrected chi connectivity index (χ2v) is 9.80. The summed E-state index contributed by atoms with van der Waals surface area (Å²) in [6.45, 7) is -0.306. The summed E-state index contributed by atoms with van der Waals surface area (Å²) in [5.74, 6) is -1.61. The molecule has 5 nitrogen and oxygen atoms in total. The summed E-state index contributed by atoms with van der Waals surface area (Å²) >= 11 is 5.75. The Labute approximate surface area is 207 Å². The Morgan fingerprint density at radius 1 is 1.17 bits per heavy atom. The van der Waals surface area contributed by atoms with E-state index in [1.807, 2.05) is 0 Å². The highest BCUT2D eigenvalue weighted by molar-refractivity contribution is 6.30. The minimum absolute atomic E-state index is 0.00870. The van der Waals surface area contributed by atoms with Crippen LogP contribution < -0.4 is 0 Å². The van der Waals surface area contributed by atoms with E-state index in [1.54, 1.807) is 0 Å². The zero-order chi connectivity index (χ0) is 26.4. The van der Waals surface area contributed by atoms with Gasteiger partial charge in [0.1, 0.15) is 11.9 Å². The van der Waals surface area contributed by atoms with Crippen LogP contribution in [0, 0.1) is 11.7 Å². The van der Waals surface area contributed by atoms with E-state index in [-0.39, 0.29) is 67.3 Å². The minimum Gasteiger partial charge on any atom is -0.336 e. The largest absolute Gasteiger partial charge is 0.435 e. The molecule has 0 spiro atoms. The van der Waals surface area contributed by atoms with E-state index in [2.05, 4.69) is 5.10 Å². The van der Waals surface area contributed by atoms with Gasteiger partial charge in [0.05, 0.1) is 18.8 Å². The molecule has 3 heterocycles. The zero-order valence-electron chi connectivity index (χ0n) is 19.3. The second kappa shape index (κ2) is 9.85. The summed E-state index contributed by atoms with van der Waals surface area (Å²) in [5.41, 5.74) is -0.932. The molecule has 198 valence electrons. The van der Waals surface area contributed by atoms with Gasteiger partial charge in [0.15, 0.2) is 5.69 Å². The highest BCUT2D eigenvalue weighted by Gasteiger charge is 2.46. The number of hydrogen-bond donors (Lipinski definition) is 0. The molecule has 1 aromatic heterocycles. The van der Waals surface area contributed by atoms with Crippen LogP contribution in [0.3, 0.4) is 0 Å². The number of alkyl halides is 6. The number of benzene rings is 1. The molecule has 0 aliphatic carbocycles. The smallest absolute Gasteiger partial charge is 0.336 e. The van der Waals surface area contributed by atoms with Crippen LogP contribution >= 0.6 is 11.6 Å². The summed E-state index contributed by atoms with van der Waals surface area (Å²) in [6, 6.07) is 2.17. The lowest BCUT2D eigenvalue weighted by Gasteiger charge is -2.38. The predicted octanol–water partition coefficient (Wildman–Crippen LogP) is 5.29. The number of carbonyl (C=O) groups excluding carboxylic acids is 1. The zero-order valence-corrected chi connectivity index (χ0v) is 20.0. The van der Waals surface area contributed by atoms with E-state index in [4.69, 9.17) is 11.6 Å². The number of hydrogen-bond acceptors (Lipinski definition) is 3. The average Bonchev–Trinajstić information content (AvgIpc) is 3.14. The number of nitrogens with zero attached hydrogens (tertiary/aromatic N) is 4. The van der Waals surface area contributed by atoms with Crippen molar-refractivity contribution in [2.24, 2.45) is 5.92 Å². The standard InChI is InChI=1S/C23H24ClF7N4O/c1-33-6-4-13(8-19(33)22(26,27)28)9-20(36)34-7-5-16-18(12-34)35(32-21(16)23(29,30)31)11-14-2-3-15(24)10-17(14)25/h2-3,10,13,19H,4-9,11-12H2,1H3. The van der Waals surface area contributed by atoms with Gasteiger partial charge in [-0.15, -0.1) is 0 Å². The van der Waals surface area contributed by atoms with Crippen molar-refractivity contribution in [2.45, 2.75) is 57.2 Å². The number of piperidine rings is 1. The van der Waals surface area contributed by atoms with Crippen molar-refractivity contribution in [2.75, 3.05) is 20.1 Å². The highest BCUT2D eigenvalue weighted by Crippen LogP contribution is 2.37. The Balaban J connectivity index is 1.54. The van der Waals surface area contributed by atoms with Crippen molar-refractivity contribution in [3.63, 3.8) is 0 Å². The molecule has 2 aliphatic heterocycles. The fourth-order valence-electron chi connectivity index (χ4n) is 4.96. The molecule has 1 fully saturated rings. The first kappa shape index (κ1) is 26.7. The summed E-state index contributed by atoms with van der Waals surface area (Å²) < 4.78 is 96.3. The minimum atomic E-state index is -4.74. The van der Waals surface area contributed by atoms with E-state index in [0.717, 1.165) is 10.7 Å². The predicted molar refractivity (Wildman–Crippen MR) is 117 cm³/mol. The molecule has 0 saturated carbocycles. The van der Waals surface area contributed by atoms with Gasteiger partial charge in [-0.05, 0) is 50.9 Å². The van der Waals surface area contributed by atoms with Gasteiger partial charge in [0.2, 0.25) is 5.91 Å². The number of halogens is 8. The molecule has 0 N–H and O–H groups in total. The van der Waals surface area contributed by atoms with Crippen molar-refractivity contribution in [1.82, 2.24) is 19.6 Å². The molecular formula is C23H24ClF7N4O. The molecule has 13 heteroatoms. The van der Waals surface area contributed by atoms with Crippen LogP contribution in [-0.4, -0.2) is 57.8 Å². The molecule has 0 bridgehead atoms. The first-order chi connectivity index (χ1) is 16.7. The molecule has 2 atom stereocenters. The quantitative estimate of drug-likeness (QED) is 0.495. The molecule has 1 amide bonds. The Hall–Kier alpha value is -2.34. The van der Waals surface area contributed by atoms with E-state index in [9.17, 15) is 35.5 Å². The Morgan fingerprint density at radius 2 is 1.89 bits per heavy atom. The van der Waals surface area contributed by atoms with E-state index < -0.39 is 41.7 Å². The maximum absolute atomic E-state index is 14.3. The highest BCUT2D eigenvalue weighted by atomic mass is 35.5. The fourth-order valence-corrected chi connectivity index (χ4v) is 5.12. The Kier molecular flexibility index (Phi) is 7.31. The maximum atomic E-state index is 14.3. The number of amides is 1. The monoisotopic (exact) mass is 540 g/mol. The van der Waals surface area contributed by atoms with E-state index >= 15 is 0 Å². The van der Waals surface area contributed by atoms with Crippen LogP contribution in [0.15, 0.2) is 18.2 Å². The van der Waals surface area contributed by atoms with Gasteiger partial charge < -0.3 is 4.90 Å². The lowest BCUT2D eigenvalue weighted by molar-refractivity contribution is -0.192. The number of aromatic nitrogens is 2. The summed E-state index contributed by atoms with van der Waals surface area (Å²) in [6.07, 6.45) is -9.18. The lowest BCUT2D eigenvalue weighted by Crippen LogP contribution is -2.49. The van der Waals surface area contributed by atoms with Gasteiger partial charge in [-0.1, -0.05) is 17.7 Å². The van der Waals surface area contributed by atoms with Gasteiger partial charge in [-0.2, -0.15) is 31.4 Å². The maximum Gasteiger partial charge on any atom is 0.435 e. The van der Waals surface area contributed by atoms with Crippen molar-refractivity contribution in [3.05, 3.63) is 51.6 Å². The summed E-state index contributed by atoms with van der Waals surface area (Å²) in [7, 11) is 1.39. The Morgan fingerprint density at radius 3 is 2.53 bits per heavy atom. The van der Waals surface area contributed by atoms with Gasteiger partial charge >= 0.3 is 12.4 Å². The average molecular weight is 541 g/mol. The normalized spacial score (nSPS) is 21.5.